The molecule has 0 aliphatic heterocycles. The number of rotatable bonds is 6. The average Bonchev–Trinajstić information content (AvgIpc) is 2.94. The molecule has 1 saturated carbocycles. The third kappa shape index (κ3) is 3.67. The van der Waals surface area contributed by atoms with Crippen LogP contribution in [0.1, 0.15) is 25.7 Å². The standard InChI is InChI=1S/C12H21N5S2/c1-18-11-15-9(7-10(16-11)17-13)14-8-12(19-2)5-3-4-6-12/h7H,3-6,8,13H2,1-2H3,(H2,14,15,16,17). The fourth-order valence-electron chi connectivity index (χ4n) is 2.40. The lowest BCUT2D eigenvalue weighted by atomic mass is 10.1. The molecular weight excluding hydrogens is 278 g/mol. The van der Waals surface area contributed by atoms with Crippen molar-refractivity contribution in [3.8, 4) is 0 Å². The van der Waals surface area contributed by atoms with E-state index in [0.29, 0.717) is 10.6 Å². The number of hydrazine groups is 1. The Kier molecular flexibility index (Phi) is 5.18. The van der Waals surface area contributed by atoms with E-state index in [1.165, 1.54) is 37.4 Å². The number of nitrogens with zero attached hydrogens (tertiary/aromatic N) is 2. The van der Waals surface area contributed by atoms with Crippen LogP contribution in [0.2, 0.25) is 0 Å². The number of thioether (sulfide) groups is 2. The highest BCUT2D eigenvalue weighted by Gasteiger charge is 2.32. The van der Waals surface area contributed by atoms with Crippen molar-refractivity contribution in [2.75, 3.05) is 29.8 Å². The van der Waals surface area contributed by atoms with Crippen LogP contribution in [0, 0.1) is 0 Å². The van der Waals surface area contributed by atoms with Crippen LogP contribution >= 0.6 is 23.5 Å². The molecule has 106 valence electrons. The Morgan fingerprint density at radius 3 is 2.53 bits per heavy atom. The summed E-state index contributed by atoms with van der Waals surface area (Å²) in [5.74, 6) is 6.92. The fraction of sp³-hybridized carbons (Fsp3) is 0.667. The maximum absolute atomic E-state index is 5.43. The molecule has 0 bridgehead atoms. The highest BCUT2D eigenvalue weighted by Crippen LogP contribution is 2.40. The van der Waals surface area contributed by atoms with Crippen LogP contribution in [0.3, 0.4) is 0 Å². The van der Waals surface area contributed by atoms with Crippen molar-refractivity contribution in [1.82, 2.24) is 9.97 Å². The molecule has 0 aromatic carbocycles. The van der Waals surface area contributed by atoms with Crippen molar-refractivity contribution in [2.45, 2.75) is 35.6 Å². The highest BCUT2D eigenvalue weighted by molar-refractivity contribution is 8.00. The van der Waals surface area contributed by atoms with Gasteiger partial charge in [0.15, 0.2) is 5.16 Å². The second kappa shape index (κ2) is 6.67. The minimum Gasteiger partial charge on any atom is -0.368 e. The third-order valence-electron chi connectivity index (χ3n) is 3.58. The summed E-state index contributed by atoms with van der Waals surface area (Å²) >= 11 is 3.48. The SMILES string of the molecule is CSc1nc(NN)cc(NCC2(SC)CCCC2)n1. The number of anilines is 2. The molecule has 1 aromatic rings. The first-order chi connectivity index (χ1) is 9.21. The van der Waals surface area contributed by atoms with Gasteiger partial charge in [0.1, 0.15) is 11.6 Å². The van der Waals surface area contributed by atoms with E-state index in [1.807, 2.05) is 24.1 Å². The first-order valence-corrected chi connectivity index (χ1v) is 8.85. The van der Waals surface area contributed by atoms with Crippen molar-refractivity contribution in [3.63, 3.8) is 0 Å². The molecule has 19 heavy (non-hydrogen) atoms. The number of nitrogens with one attached hydrogen (secondary N) is 2. The van der Waals surface area contributed by atoms with Crippen molar-refractivity contribution in [3.05, 3.63) is 6.07 Å². The van der Waals surface area contributed by atoms with E-state index < -0.39 is 0 Å². The lowest BCUT2D eigenvalue weighted by Crippen LogP contribution is -2.30. The topological polar surface area (TPSA) is 75.9 Å². The Labute approximate surface area is 122 Å². The van der Waals surface area contributed by atoms with Gasteiger partial charge in [0.25, 0.3) is 0 Å². The van der Waals surface area contributed by atoms with Gasteiger partial charge >= 0.3 is 0 Å². The summed E-state index contributed by atoms with van der Waals surface area (Å²) in [5.41, 5.74) is 2.58. The molecule has 0 saturated heterocycles. The summed E-state index contributed by atoms with van der Waals surface area (Å²) in [6.07, 6.45) is 9.39. The van der Waals surface area contributed by atoms with Crippen molar-refractivity contribution >= 4 is 35.2 Å². The van der Waals surface area contributed by atoms with E-state index in [-0.39, 0.29) is 0 Å². The van der Waals surface area contributed by atoms with Crippen LogP contribution in [0.4, 0.5) is 11.6 Å². The maximum atomic E-state index is 5.43. The predicted molar refractivity (Wildman–Crippen MR) is 84.8 cm³/mol. The number of nitrogen functional groups attached to an aromatic ring is 1. The quantitative estimate of drug-likeness (QED) is 0.322. The van der Waals surface area contributed by atoms with Crippen LogP contribution in [0.25, 0.3) is 0 Å². The third-order valence-corrected chi connectivity index (χ3v) is 5.54. The zero-order chi connectivity index (χ0) is 13.7. The summed E-state index contributed by atoms with van der Waals surface area (Å²) in [5, 5.41) is 4.17. The summed E-state index contributed by atoms with van der Waals surface area (Å²) in [6.45, 7) is 0.947. The molecule has 5 nitrogen and oxygen atoms in total. The van der Waals surface area contributed by atoms with E-state index in [9.17, 15) is 0 Å². The Morgan fingerprint density at radius 2 is 1.95 bits per heavy atom. The van der Waals surface area contributed by atoms with Crippen molar-refractivity contribution < 1.29 is 0 Å². The number of nitrogens with two attached hydrogens (primary N) is 1. The van der Waals surface area contributed by atoms with Gasteiger partial charge in [-0.25, -0.2) is 15.8 Å². The zero-order valence-electron chi connectivity index (χ0n) is 11.4. The Morgan fingerprint density at radius 1 is 1.26 bits per heavy atom. The molecule has 0 radical (unpaired) electrons. The Balaban J connectivity index is 2.06. The Hall–Kier alpha value is -0.660. The van der Waals surface area contributed by atoms with Crippen molar-refractivity contribution in [1.29, 1.82) is 0 Å². The van der Waals surface area contributed by atoms with Gasteiger partial charge in [-0.2, -0.15) is 11.8 Å². The van der Waals surface area contributed by atoms with E-state index in [2.05, 4.69) is 27.0 Å². The molecule has 0 amide bonds. The molecule has 7 heteroatoms. The maximum Gasteiger partial charge on any atom is 0.191 e. The normalized spacial score (nSPS) is 17.4. The monoisotopic (exact) mass is 299 g/mol. The minimum absolute atomic E-state index is 0.362. The van der Waals surface area contributed by atoms with Crippen LogP contribution in [0.15, 0.2) is 11.2 Å². The number of hydrogen-bond acceptors (Lipinski definition) is 7. The van der Waals surface area contributed by atoms with E-state index in [4.69, 9.17) is 5.84 Å². The molecule has 0 spiro atoms. The lowest BCUT2D eigenvalue weighted by Gasteiger charge is -2.27. The summed E-state index contributed by atoms with van der Waals surface area (Å²) in [4.78, 5) is 8.72. The first kappa shape index (κ1) is 14.7. The molecule has 1 aliphatic carbocycles. The van der Waals surface area contributed by atoms with Gasteiger partial charge in [-0.05, 0) is 25.4 Å². The van der Waals surface area contributed by atoms with Gasteiger partial charge in [-0.1, -0.05) is 24.6 Å². The highest BCUT2D eigenvalue weighted by atomic mass is 32.2. The van der Waals surface area contributed by atoms with Gasteiger partial charge in [0.05, 0.1) is 0 Å². The van der Waals surface area contributed by atoms with E-state index >= 15 is 0 Å². The molecule has 1 fully saturated rings. The number of aromatic nitrogens is 2. The summed E-state index contributed by atoms with van der Waals surface area (Å²) in [6, 6.07) is 1.85. The van der Waals surface area contributed by atoms with Gasteiger partial charge in [0.2, 0.25) is 0 Å². The van der Waals surface area contributed by atoms with Gasteiger partial charge < -0.3 is 10.7 Å². The lowest BCUT2D eigenvalue weighted by molar-refractivity contribution is 0.638. The molecular formula is C12H21N5S2. The number of hydrogen-bond donors (Lipinski definition) is 3. The average molecular weight is 299 g/mol. The Bertz CT molecular complexity index is 398. The largest absolute Gasteiger partial charge is 0.368 e. The summed E-state index contributed by atoms with van der Waals surface area (Å²) < 4.78 is 0.362. The molecule has 4 N–H and O–H groups in total. The molecule has 0 atom stereocenters. The van der Waals surface area contributed by atoms with Crippen LogP contribution in [-0.2, 0) is 0 Å². The van der Waals surface area contributed by atoms with Gasteiger partial charge in [0, 0.05) is 17.4 Å². The van der Waals surface area contributed by atoms with Gasteiger partial charge in [-0.15, -0.1) is 0 Å². The van der Waals surface area contributed by atoms with E-state index in [1.54, 1.807) is 0 Å². The second-order valence-corrected chi connectivity index (χ2v) is 6.76. The molecule has 1 heterocycles. The molecule has 0 unspecified atom stereocenters. The van der Waals surface area contributed by atoms with Crippen LogP contribution in [-0.4, -0.2) is 33.8 Å². The molecule has 1 aromatic heterocycles. The smallest absolute Gasteiger partial charge is 0.191 e. The van der Waals surface area contributed by atoms with Gasteiger partial charge in [-0.3, -0.25) is 0 Å². The first-order valence-electron chi connectivity index (χ1n) is 6.40. The van der Waals surface area contributed by atoms with Crippen LogP contribution < -0.4 is 16.6 Å². The summed E-state index contributed by atoms with van der Waals surface area (Å²) in [7, 11) is 0. The predicted octanol–water partition coefficient (Wildman–Crippen LogP) is 2.57. The molecule has 2 rings (SSSR count). The fourth-order valence-corrected chi connectivity index (χ4v) is 3.70. The van der Waals surface area contributed by atoms with E-state index in [0.717, 1.165) is 17.5 Å². The van der Waals surface area contributed by atoms with Crippen LogP contribution in [0.5, 0.6) is 0 Å². The zero-order valence-corrected chi connectivity index (χ0v) is 13.0. The molecule has 1 aliphatic rings. The van der Waals surface area contributed by atoms with Crippen molar-refractivity contribution in [2.24, 2.45) is 5.84 Å². The minimum atomic E-state index is 0.362. The second-order valence-electron chi connectivity index (χ2n) is 4.72.